The molecule has 7 heteroatoms. The molecule has 1 aromatic carbocycles. The minimum absolute atomic E-state index is 0.0341. The van der Waals surface area contributed by atoms with Gasteiger partial charge in [-0.1, -0.05) is 17.7 Å². The Balaban J connectivity index is 1.43. The molecule has 6 nitrogen and oxygen atoms in total. The van der Waals surface area contributed by atoms with E-state index in [1.807, 2.05) is 41.0 Å². The smallest absolute Gasteiger partial charge is 0.317 e. The van der Waals surface area contributed by atoms with Crippen LogP contribution >= 0.6 is 11.6 Å². The number of piperazine rings is 1. The van der Waals surface area contributed by atoms with E-state index in [2.05, 4.69) is 10.2 Å². The Morgan fingerprint density at radius 3 is 2.68 bits per heavy atom. The van der Waals surface area contributed by atoms with Crippen molar-refractivity contribution in [1.29, 1.82) is 0 Å². The fourth-order valence-corrected chi connectivity index (χ4v) is 3.66. The van der Waals surface area contributed by atoms with Gasteiger partial charge >= 0.3 is 6.03 Å². The molecule has 2 aliphatic rings. The van der Waals surface area contributed by atoms with Crippen LogP contribution in [0.5, 0.6) is 0 Å². The molecule has 2 saturated heterocycles. The Labute approximate surface area is 153 Å². The van der Waals surface area contributed by atoms with Gasteiger partial charge in [0.25, 0.3) is 0 Å². The maximum absolute atomic E-state index is 12.4. The van der Waals surface area contributed by atoms with Crippen molar-refractivity contribution in [3.05, 3.63) is 29.3 Å². The van der Waals surface area contributed by atoms with Crippen LogP contribution in [0.1, 0.15) is 13.3 Å². The van der Waals surface area contributed by atoms with Crippen LogP contribution in [0.3, 0.4) is 0 Å². The third-order valence-electron chi connectivity index (χ3n) is 4.96. The number of hydrogen-bond acceptors (Lipinski definition) is 3. The van der Waals surface area contributed by atoms with Gasteiger partial charge in [0.1, 0.15) is 0 Å². The first-order valence-corrected chi connectivity index (χ1v) is 9.25. The Kier molecular flexibility index (Phi) is 5.68. The summed E-state index contributed by atoms with van der Waals surface area (Å²) in [5.41, 5.74) is 1.09. The lowest BCUT2D eigenvalue weighted by atomic mass is 10.1. The molecular formula is C18H25ClN4O2. The van der Waals surface area contributed by atoms with Gasteiger partial charge in [0.2, 0.25) is 5.91 Å². The Morgan fingerprint density at radius 2 is 2.04 bits per heavy atom. The number of rotatable bonds is 4. The first kappa shape index (κ1) is 17.9. The highest BCUT2D eigenvalue weighted by molar-refractivity contribution is 6.30. The molecule has 0 aliphatic carbocycles. The predicted octanol–water partition coefficient (Wildman–Crippen LogP) is 2.04. The minimum atomic E-state index is -0.0341. The molecule has 2 aliphatic heterocycles. The van der Waals surface area contributed by atoms with Gasteiger partial charge in [-0.25, -0.2) is 4.79 Å². The number of hydrogen-bond donors (Lipinski definition) is 1. The fourth-order valence-electron chi connectivity index (χ4n) is 3.48. The van der Waals surface area contributed by atoms with Gasteiger partial charge in [0.15, 0.2) is 0 Å². The van der Waals surface area contributed by atoms with E-state index in [4.69, 9.17) is 11.6 Å². The van der Waals surface area contributed by atoms with Crippen molar-refractivity contribution in [2.24, 2.45) is 5.92 Å². The molecule has 3 amide bonds. The molecule has 25 heavy (non-hydrogen) atoms. The number of halogens is 1. The van der Waals surface area contributed by atoms with Crippen LogP contribution in [0.15, 0.2) is 24.3 Å². The van der Waals surface area contributed by atoms with E-state index >= 15 is 0 Å². The quantitative estimate of drug-likeness (QED) is 0.889. The number of benzene rings is 1. The molecule has 2 heterocycles. The molecule has 2 fully saturated rings. The van der Waals surface area contributed by atoms with E-state index < -0.39 is 0 Å². The Bertz CT molecular complexity index is 631. The van der Waals surface area contributed by atoms with Crippen molar-refractivity contribution >= 4 is 29.2 Å². The standard InChI is InChI=1S/C18H25ClN4O2/c1-2-21-13-14(10-17(21)24)12-20-18(25)23-8-6-22(7-9-23)16-5-3-4-15(19)11-16/h3-5,11,14H,2,6-10,12-13H2,1H3,(H,20,25)/t14-/m0/s1. The average Bonchev–Trinajstić information content (AvgIpc) is 2.99. The summed E-state index contributed by atoms with van der Waals surface area (Å²) in [6, 6.07) is 7.76. The van der Waals surface area contributed by atoms with Crippen molar-refractivity contribution < 1.29 is 9.59 Å². The lowest BCUT2D eigenvalue weighted by Gasteiger charge is -2.36. The van der Waals surface area contributed by atoms with Crippen molar-refractivity contribution in [2.75, 3.05) is 50.7 Å². The van der Waals surface area contributed by atoms with Crippen LogP contribution in [0.25, 0.3) is 0 Å². The largest absolute Gasteiger partial charge is 0.368 e. The summed E-state index contributed by atoms with van der Waals surface area (Å²) >= 11 is 6.05. The van der Waals surface area contributed by atoms with Gasteiger partial charge in [0, 0.05) is 68.9 Å². The zero-order valence-corrected chi connectivity index (χ0v) is 15.3. The Hall–Kier alpha value is -1.95. The SMILES string of the molecule is CCN1C[C@H](CNC(=O)N2CCN(c3cccc(Cl)c3)CC2)CC1=O. The van der Waals surface area contributed by atoms with Gasteiger partial charge < -0.3 is 20.0 Å². The van der Waals surface area contributed by atoms with E-state index in [1.54, 1.807) is 0 Å². The highest BCUT2D eigenvalue weighted by Gasteiger charge is 2.29. The van der Waals surface area contributed by atoms with E-state index in [-0.39, 0.29) is 17.9 Å². The monoisotopic (exact) mass is 364 g/mol. The summed E-state index contributed by atoms with van der Waals surface area (Å²) in [6.45, 7) is 6.99. The van der Waals surface area contributed by atoms with Gasteiger partial charge in [0.05, 0.1) is 0 Å². The van der Waals surface area contributed by atoms with Crippen LogP contribution in [0.2, 0.25) is 5.02 Å². The molecule has 1 aromatic rings. The van der Waals surface area contributed by atoms with Crippen LogP contribution < -0.4 is 10.2 Å². The summed E-state index contributed by atoms with van der Waals surface area (Å²) < 4.78 is 0. The fraction of sp³-hybridized carbons (Fsp3) is 0.556. The summed E-state index contributed by atoms with van der Waals surface area (Å²) in [7, 11) is 0. The van der Waals surface area contributed by atoms with Crippen molar-refractivity contribution in [2.45, 2.75) is 13.3 Å². The average molecular weight is 365 g/mol. The molecule has 3 rings (SSSR count). The van der Waals surface area contributed by atoms with E-state index in [9.17, 15) is 9.59 Å². The molecule has 1 atom stereocenters. The number of urea groups is 1. The molecule has 0 radical (unpaired) electrons. The number of amides is 3. The molecule has 0 bridgehead atoms. The number of carbonyl (C=O) groups excluding carboxylic acids is 2. The van der Waals surface area contributed by atoms with E-state index in [1.165, 1.54) is 0 Å². The van der Waals surface area contributed by atoms with Gasteiger partial charge in [-0.15, -0.1) is 0 Å². The second kappa shape index (κ2) is 7.95. The van der Waals surface area contributed by atoms with Gasteiger partial charge in [-0.2, -0.15) is 0 Å². The molecule has 0 spiro atoms. The first-order chi connectivity index (χ1) is 12.1. The highest BCUT2D eigenvalue weighted by atomic mass is 35.5. The molecule has 0 saturated carbocycles. The van der Waals surface area contributed by atoms with Crippen molar-refractivity contribution in [3.63, 3.8) is 0 Å². The maximum Gasteiger partial charge on any atom is 0.317 e. The molecule has 1 N–H and O–H groups in total. The molecule has 0 aromatic heterocycles. The van der Waals surface area contributed by atoms with Crippen LogP contribution in [0, 0.1) is 5.92 Å². The topological polar surface area (TPSA) is 55.9 Å². The lowest BCUT2D eigenvalue weighted by Crippen LogP contribution is -2.52. The summed E-state index contributed by atoms with van der Waals surface area (Å²) in [4.78, 5) is 30.0. The normalized spacial score (nSPS) is 21.0. The number of likely N-dealkylation sites (tertiary alicyclic amines) is 1. The molecule has 136 valence electrons. The highest BCUT2D eigenvalue weighted by Crippen LogP contribution is 2.21. The summed E-state index contributed by atoms with van der Waals surface area (Å²) in [5.74, 6) is 0.418. The second-order valence-corrected chi connectivity index (χ2v) is 7.08. The first-order valence-electron chi connectivity index (χ1n) is 8.88. The van der Waals surface area contributed by atoms with E-state index in [0.29, 0.717) is 26.1 Å². The van der Waals surface area contributed by atoms with Gasteiger partial charge in [-0.3, -0.25) is 4.79 Å². The number of carbonyl (C=O) groups is 2. The maximum atomic E-state index is 12.4. The zero-order valence-electron chi connectivity index (χ0n) is 14.6. The lowest BCUT2D eigenvalue weighted by molar-refractivity contribution is -0.127. The zero-order chi connectivity index (χ0) is 17.8. The molecular weight excluding hydrogens is 340 g/mol. The number of nitrogens with zero attached hydrogens (tertiary/aromatic N) is 3. The third kappa shape index (κ3) is 4.37. The van der Waals surface area contributed by atoms with E-state index in [0.717, 1.165) is 36.9 Å². The van der Waals surface area contributed by atoms with Crippen LogP contribution in [-0.4, -0.2) is 67.6 Å². The van der Waals surface area contributed by atoms with Gasteiger partial charge in [-0.05, 0) is 25.1 Å². The minimum Gasteiger partial charge on any atom is -0.368 e. The van der Waals surface area contributed by atoms with Crippen LogP contribution in [0.4, 0.5) is 10.5 Å². The molecule has 0 unspecified atom stereocenters. The second-order valence-electron chi connectivity index (χ2n) is 6.64. The van der Waals surface area contributed by atoms with Crippen LogP contribution in [-0.2, 0) is 4.79 Å². The number of nitrogens with one attached hydrogen (secondary N) is 1. The Morgan fingerprint density at radius 1 is 1.28 bits per heavy atom. The predicted molar refractivity (Wildman–Crippen MR) is 99.0 cm³/mol. The number of anilines is 1. The summed E-state index contributed by atoms with van der Waals surface area (Å²) in [5, 5.41) is 3.72. The summed E-state index contributed by atoms with van der Waals surface area (Å²) in [6.07, 6.45) is 0.538. The van der Waals surface area contributed by atoms with Crippen molar-refractivity contribution in [1.82, 2.24) is 15.1 Å². The van der Waals surface area contributed by atoms with Crippen molar-refractivity contribution in [3.8, 4) is 0 Å². The third-order valence-corrected chi connectivity index (χ3v) is 5.19.